The van der Waals surface area contributed by atoms with Gasteiger partial charge in [-0.1, -0.05) is 32.4 Å². The summed E-state index contributed by atoms with van der Waals surface area (Å²) < 4.78 is 14.1. The third-order valence-electron chi connectivity index (χ3n) is 4.51. The lowest BCUT2D eigenvalue weighted by Crippen LogP contribution is -2.45. The van der Waals surface area contributed by atoms with Gasteiger partial charge in [-0.05, 0) is 58.2 Å². The van der Waals surface area contributed by atoms with E-state index in [1.165, 1.54) is 25.3 Å². The van der Waals surface area contributed by atoms with Crippen LogP contribution in [0.2, 0.25) is 0 Å². The second kappa shape index (κ2) is 5.90. The maximum Gasteiger partial charge on any atom is 0.137 e. The Morgan fingerprint density at radius 1 is 1.53 bits per heavy atom. The predicted octanol–water partition coefficient (Wildman–Crippen LogP) is 3.79. The summed E-state index contributed by atoms with van der Waals surface area (Å²) in [5.41, 5.74) is 4.23. The van der Waals surface area contributed by atoms with Gasteiger partial charge in [0.2, 0.25) is 0 Å². The first kappa shape index (κ1) is 14.9. The third kappa shape index (κ3) is 3.18. The maximum atomic E-state index is 13.6. The molecule has 0 bridgehead atoms. The highest BCUT2D eigenvalue weighted by Gasteiger charge is 2.39. The van der Waals surface area contributed by atoms with Crippen molar-refractivity contribution in [2.24, 2.45) is 17.2 Å². The van der Waals surface area contributed by atoms with Crippen molar-refractivity contribution in [1.29, 1.82) is 0 Å². The van der Waals surface area contributed by atoms with E-state index in [0.717, 1.165) is 12.0 Å². The van der Waals surface area contributed by atoms with E-state index in [1.54, 1.807) is 6.07 Å². The van der Waals surface area contributed by atoms with Crippen LogP contribution >= 0.6 is 15.9 Å². The molecule has 0 aliphatic heterocycles. The molecule has 1 fully saturated rings. The molecule has 4 heteroatoms. The van der Waals surface area contributed by atoms with Gasteiger partial charge in [-0.2, -0.15) is 0 Å². The number of rotatable bonds is 4. The molecule has 0 spiro atoms. The summed E-state index contributed by atoms with van der Waals surface area (Å²) in [6.07, 6.45) is 4.43. The number of nitrogens with two attached hydrogens (primary N) is 1. The smallest absolute Gasteiger partial charge is 0.137 e. The summed E-state index contributed by atoms with van der Waals surface area (Å²) in [5, 5.41) is 0. The first-order chi connectivity index (χ1) is 8.95. The fraction of sp³-hybridized carbons (Fsp3) is 0.600. The minimum atomic E-state index is -0.209. The van der Waals surface area contributed by atoms with Crippen LogP contribution < -0.4 is 11.3 Å². The van der Waals surface area contributed by atoms with E-state index in [2.05, 4.69) is 35.2 Å². The number of hydrazine groups is 1. The zero-order chi connectivity index (χ0) is 14.0. The molecule has 1 aliphatic rings. The Morgan fingerprint density at radius 2 is 2.26 bits per heavy atom. The van der Waals surface area contributed by atoms with Crippen LogP contribution in [-0.2, 0) is 6.42 Å². The molecule has 0 heterocycles. The molecule has 2 rings (SSSR count). The summed E-state index contributed by atoms with van der Waals surface area (Å²) in [6, 6.07) is 5.37. The normalized spacial score (nSPS) is 23.5. The van der Waals surface area contributed by atoms with Crippen LogP contribution in [0.5, 0.6) is 0 Å². The molecule has 1 aromatic rings. The van der Waals surface area contributed by atoms with Crippen molar-refractivity contribution in [2.45, 2.75) is 45.6 Å². The van der Waals surface area contributed by atoms with Crippen molar-refractivity contribution >= 4 is 15.9 Å². The van der Waals surface area contributed by atoms with Crippen LogP contribution in [0.3, 0.4) is 0 Å². The van der Waals surface area contributed by atoms with E-state index in [1.807, 2.05) is 6.07 Å². The quantitative estimate of drug-likeness (QED) is 0.651. The SMILES string of the molecule is CC1(C)CCCC1C(Cc1cccc(F)c1Br)NN. The molecule has 2 unspecified atom stereocenters. The van der Waals surface area contributed by atoms with Crippen LogP contribution in [0, 0.1) is 17.2 Å². The van der Waals surface area contributed by atoms with E-state index in [4.69, 9.17) is 5.84 Å². The zero-order valence-corrected chi connectivity index (χ0v) is 13.1. The lowest BCUT2D eigenvalue weighted by atomic mass is 9.76. The number of hydrogen-bond acceptors (Lipinski definition) is 2. The minimum absolute atomic E-state index is 0.190. The Morgan fingerprint density at radius 3 is 2.84 bits per heavy atom. The van der Waals surface area contributed by atoms with Crippen LogP contribution in [0.1, 0.15) is 38.7 Å². The molecule has 0 radical (unpaired) electrons. The molecule has 19 heavy (non-hydrogen) atoms. The second-order valence-corrected chi connectivity index (χ2v) is 6.97. The number of halogens is 2. The van der Waals surface area contributed by atoms with E-state index < -0.39 is 0 Å². The Hall–Kier alpha value is -0.450. The van der Waals surface area contributed by atoms with Gasteiger partial charge >= 0.3 is 0 Å². The fourth-order valence-electron chi connectivity index (χ4n) is 3.36. The highest BCUT2D eigenvalue weighted by molar-refractivity contribution is 9.10. The molecule has 0 aromatic heterocycles. The lowest BCUT2D eigenvalue weighted by molar-refractivity contribution is 0.196. The standard InChI is InChI=1S/C15H22BrFN2/c1-15(2)8-4-6-11(15)13(19-18)9-10-5-3-7-12(17)14(10)16/h3,5,7,11,13,19H,4,6,8-9,18H2,1-2H3. The van der Waals surface area contributed by atoms with Gasteiger partial charge < -0.3 is 0 Å². The Bertz CT molecular complexity index is 448. The van der Waals surface area contributed by atoms with Gasteiger partial charge in [0.25, 0.3) is 0 Å². The van der Waals surface area contributed by atoms with E-state index in [0.29, 0.717) is 15.8 Å². The van der Waals surface area contributed by atoms with Gasteiger partial charge in [-0.25, -0.2) is 4.39 Å². The topological polar surface area (TPSA) is 38.0 Å². The van der Waals surface area contributed by atoms with Gasteiger partial charge in [0.05, 0.1) is 4.47 Å². The first-order valence-electron chi connectivity index (χ1n) is 6.84. The maximum absolute atomic E-state index is 13.6. The lowest BCUT2D eigenvalue weighted by Gasteiger charge is -2.34. The highest BCUT2D eigenvalue weighted by Crippen LogP contribution is 2.45. The first-order valence-corrected chi connectivity index (χ1v) is 7.64. The van der Waals surface area contributed by atoms with Crippen molar-refractivity contribution < 1.29 is 4.39 Å². The van der Waals surface area contributed by atoms with E-state index >= 15 is 0 Å². The van der Waals surface area contributed by atoms with Crippen molar-refractivity contribution in [3.05, 3.63) is 34.1 Å². The Kier molecular flexibility index (Phi) is 4.64. The molecule has 106 valence electrons. The minimum Gasteiger partial charge on any atom is -0.271 e. The molecular weight excluding hydrogens is 307 g/mol. The van der Waals surface area contributed by atoms with Gasteiger partial charge in [-0.3, -0.25) is 11.3 Å². The largest absolute Gasteiger partial charge is 0.271 e. The Balaban J connectivity index is 2.17. The van der Waals surface area contributed by atoms with E-state index in [-0.39, 0.29) is 11.9 Å². The summed E-state index contributed by atoms with van der Waals surface area (Å²) in [4.78, 5) is 0. The summed E-state index contributed by atoms with van der Waals surface area (Å²) in [7, 11) is 0. The van der Waals surface area contributed by atoms with Crippen LogP contribution in [0.4, 0.5) is 4.39 Å². The van der Waals surface area contributed by atoms with E-state index in [9.17, 15) is 4.39 Å². The summed E-state index contributed by atoms with van der Waals surface area (Å²) >= 11 is 3.33. The average molecular weight is 329 g/mol. The fourth-order valence-corrected chi connectivity index (χ4v) is 3.79. The van der Waals surface area contributed by atoms with Gasteiger partial charge in [0.1, 0.15) is 5.82 Å². The summed E-state index contributed by atoms with van der Waals surface area (Å²) in [5.74, 6) is 6.08. The van der Waals surface area contributed by atoms with Crippen LogP contribution in [-0.4, -0.2) is 6.04 Å². The second-order valence-electron chi connectivity index (χ2n) is 6.18. The van der Waals surface area contributed by atoms with Crippen molar-refractivity contribution in [1.82, 2.24) is 5.43 Å². The molecule has 1 aromatic carbocycles. The average Bonchev–Trinajstić information content (AvgIpc) is 2.71. The molecule has 0 saturated heterocycles. The molecular formula is C15H22BrFN2. The highest BCUT2D eigenvalue weighted by atomic mass is 79.9. The number of benzene rings is 1. The molecule has 2 nitrogen and oxygen atoms in total. The van der Waals surface area contributed by atoms with Gasteiger partial charge in [-0.15, -0.1) is 0 Å². The predicted molar refractivity (Wildman–Crippen MR) is 80.0 cm³/mol. The number of hydrogen-bond donors (Lipinski definition) is 2. The summed E-state index contributed by atoms with van der Waals surface area (Å²) in [6.45, 7) is 4.60. The monoisotopic (exact) mass is 328 g/mol. The molecule has 3 N–H and O–H groups in total. The molecule has 1 aliphatic carbocycles. The molecule has 2 atom stereocenters. The third-order valence-corrected chi connectivity index (χ3v) is 5.40. The number of nitrogens with one attached hydrogen (secondary N) is 1. The van der Waals surface area contributed by atoms with Gasteiger partial charge in [0, 0.05) is 6.04 Å². The van der Waals surface area contributed by atoms with Crippen LogP contribution in [0.15, 0.2) is 22.7 Å². The van der Waals surface area contributed by atoms with Crippen molar-refractivity contribution in [2.75, 3.05) is 0 Å². The Labute approximate surface area is 123 Å². The van der Waals surface area contributed by atoms with Crippen LogP contribution in [0.25, 0.3) is 0 Å². The van der Waals surface area contributed by atoms with Crippen molar-refractivity contribution in [3.8, 4) is 0 Å². The molecule has 0 amide bonds. The van der Waals surface area contributed by atoms with Gasteiger partial charge in [0.15, 0.2) is 0 Å². The zero-order valence-electron chi connectivity index (χ0n) is 11.5. The van der Waals surface area contributed by atoms with Crippen molar-refractivity contribution in [3.63, 3.8) is 0 Å². The molecule has 1 saturated carbocycles.